The molecule has 1 rings (SSSR count). The monoisotopic (exact) mass is 307 g/mol. The molecule has 1 amide bonds. The summed E-state index contributed by atoms with van der Waals surface area (Å²) < 4.78 is 0. The van der Waals surface area contributed by atoms with Crippen molar-refractivity contribution in [2.24, 2.45) is 0 Å². The quantitative estimate of drug-likeness (QED) is 0.746. The minimum Gasteiger partial charge on any atom is -0.481 e. The van der Waals surface area contributed by atoms with Gasteiger partial charge in [0.2, 0.25) is 0 Å². The molecule has 1 atom stereocenters. The number of carboxylic acids is 2. The predicted octanol–water partition coefficient (Wildman–Crippen LogP) is 2.03. The molecule has 0 aromatic heterocycles. The average Bonchev–Trinajstić information content (AvgIpc) is 2.41. The number of nitrogens with one attached hydrogen (secondary N) is 1. The second-order valence-electron chi connectivity index (χ2n) is 6.12. The first-order chi connectivity index (χ1) is 10.1. The first kappa shape index (κ1) is 17.7. The summed E-state index contributed by atoms with van der Waals surface area (Å²) in [6.07, 6.45) is -0.476. The first-order valence-corrected chi connectivity index (χ1v) is 6.97. The second kappa shape index (κ2) is 7.06. The van der Waals surface area contributed by atoms with Crippen molar-refractivity contribution in [3.8, 4) is 0 Å². The average molecular weight is 307 g/mol. The van der Waals surface area contributed by atoms with E-state index < -0.39 is 23.9 Å². The standard InChI is InChI=1S/C16H21NO5/c1-16(2,3)11-6-4-10(5-7-11)14(20)17-12(15(21)22)8-9-13(18)19/h4-7,12H,8-9H2,1-3H3,(H,17,20)(H,18,19)(H,21,22)/t12-/m1/s1. The molecule has 0 spiro atoms. The molecular formula is C16H21NO5. The lowest BCUT2D eigenvalue weighted by Crippen LogP contribution is -2.41. The zero-order valence-electron chi connectivity index (χ0n) is 12.9. The van der Waals surface area contributed by atoms with E-state index in [2.05, 4.69) is 26.1 Å². The third-order valence-corrected chi connectivity index (χ3v) is 3.26. The Hall–Kier alpha value is -2.37. The van der Waals surface area contributed by atoms with Gasteiger partial charge in [0.15, 0.2) is 0 Å². The second-order valence-corrected chi connectivity index (χ2v) is 6.12. The van der Waals surface area contributed by atoms with Crippen molar-refractivity contribution in [2.45, 2.75) is 45.1 Å². The molecule has 6 heteroatoms. The van der Waals surface area contributed by atoms with E-state index in [0.717, 1.165) is 5.56 Å². The van der Waals surface area contributed by atoms with Gasteiger partial charge in [-0.05, 0) is 29.5 Å². The van der Waals surface area contributed by atoms with Crippen LogP contribution in [-0.2, 0) is 15.0 Å². The molecule has 3 N–H and O–H groups in total. The van der Waals surface area contributed by atoms with Gasteiger partial charge in [0, 0.05) is 12.0 Å². The largest absolute Gasteiger partial charge is 0.481 e. The molecule has 120 valence electrons. The highest BCUT2D eigenvalue weighted by atomic mass is 16.4. The fourth-order valence-corrected chi connectivity index (χ4v) is 1.89. The molecule has 0 saturated heterocycles. The van der Waals surface area contributed by atoms with Crippen molar-refractivity contribution in [3.05, 3.63) is 35.4 Å². The van der Waals surface area contributed by atoms with E-state index in [0.29, 0.717) is 5.56 Å². The Morgan fingerprint density at radius 1 is 1.09 bits per heavy atom. The van der Waals surface area contributed by atoms with Gasteiger partial charge in [0.25, 0.3) is 5.91 Å². The van der Waals surface area contributed by atoms with Crippen molar-refractivity contribution >= 4 is 17.8 Å². The summed E-state index contributed by atoms with van der Waals surface area (Å²) in [5, 5.41) is 20.0. The van der Waals surface area contributed by atoms with E-state index in [-0.39, 0.29) is 18.3 Å². The van der Waals surface area contributed by atoms with Crippen LogP contribution in [0.15, 0.2) is 24.3 Å². The van der Waals surface area contributed by atoms with Gasteiger partial charge >= 0.3 is 11.9 Å². The number of benzene rings is 1. The molecule has 0 saturated carbocycles. The van der Waals surface area contributed by atoms with Crippen LogP contribution in [0.2, 0.25) is 0 Å². The zero-order valence-corrected chi connectivity index (χ0v) is 12.9. The molecule has 0 aliphatic carbocycles. The van der Waals surface area contributed by atoms with Gasteiger partial charge in [-0.2, -0.15) is 0 Å². The predicted molar refractivity (Wildman–Crippen MR) is 80.9 cm³/mol. The molecular weight excluding hydrogens is 286 g/mol. The summed E-state index contributed by atoms with van der Waals surface area (Å²) in [5.41, 5.74) is 1.36. The third kappa shape index (κ3) is 5.20. The number of amides is 1. The molecule has 22 heavy (non-hydrogen) atoms. The van der Waals surface area contributed by atoms with Crippen molar-refractivity contribution in [1.82, 2.24) is 5.32 Å². The Kier molecular flexibility index (Phi) is 5.68. The fraction of sp³-hybridized carbons (Fsp3) is 0.438. The third-order valence-electron chi connectivity index (χ3n) is 3.26. The summed E-state index contributed by atoms with van der Waals surface area (Å²) in [4.78, 5) is 33.6. The van der Waals surface area contributed by atoms with E-state index in [1.807, 2.05) is 12.1 Å². The minimum absolute atomic E-state index is 0.0416. The lowest BCUT2D eigenvalue weighted by atomic mass is 9.86. The number of carbonyl (C=O) groups excluding carboxylic acids is 1. The summed E-state index contributed by atoms with van der Waals surface area (Å²) in [6, 6.07) is 5.69. The van der Waals surface area contributed by atoms with E-state index in [9.17, 15) is 14.4 Å². The Bertz CT molecular complexity index is 557. The minimum atomic E-state index is -1.25. The van der Waals surface area contributed by atoms with Crippen LogP contribution >= 0.6 is 0 Å². The maximum absolute atomic E-state index is 12.0. The Labute approximate surface area is 129 Å². The summed E-state index contributed by atoms with van der Waals surface area (Å²) in [7, 11) is 0. The van der Waals surface area contributed by atoms with Gasteiger partial charge in [0.1, 0.15) is 6.04 Å². The Morgan fingerprint density at radius 2 is 1.64 bits per heavy atom. The lowest BCUT2D eigenvalue weighted by Gasteiger charge is -2.19. The normalized spacial score (nSPS) is 12.5. The maximum Gasteiger partial charge on any atom is 0.326 e. The van der Waals surface area contributed by atoms with Gasteiger partial charge in [0.05, 0.1) is 0 Å². The number of carboxylic acid groups (broad SMARTS) is 2. The van der Waals surface area contributed by atoms with Crippen molar-refractivity contribution < 1.29 is 24.6 Å². The van der Waals surface area contributed by atoms with Gasteiger partial charge < -0.3 is 15.5 Å². The SMILES string of the molecule is CC(C)(C)c1ccc(C(=O)N[C@H](CCC(=O)O)C(=O)O)cc1. The van der Waals surface area contributed by atoms with Crippen LogP contribution in [0.1, 0.15) is 49.5 Å². The fourth-order valence-electron chi connectivity index (χ4n) is 1.89. The highest BCUT2D eigenvalue weighted by molar-refractivity contribution is 5.96. The molecule has 0 radical (unpaired) electrons. The smallest absolute Gasteiger partial charge is 0.326 e. The van der Waals surface area contributed by atoms with Crippen molar-refractivity contribution in [1.29, 1.82) is 0 Å². The molecule has 0 unspecified atom stereocenters. The molecule has 0 bridgehead atoms. The highest BCUT2D eigenvalue weighted by Gasteiger charge is 2.22. The van der Waals surface area contributed by atoms with E-state index >= 15 is 0 Å². The Balaban J connectivity index is 2.77. The molecule has 0 aliphatic rings. The zero-order chi connectivity index (χ0) is 16.9. The molecule has 1 aromatic rings. The number of hydrogen-bond acceptors (Lipinski definition) is 3. The van der Waals surface area contributed by atoms with Gasteiger partial charge in [-0.15, -0.1) is 0 Å². The van der Waals surface area contributed by atoms with Crippen LogP contribution in [0.5, 0.6) is 0 Å². The molecule has 0 aliphatic heterocycles. The first-order valence-electron chi connectivity index (χ1n) is 6.97. The number of rotatable bonds is 6. The molecule has 1 aromatic carbocycles. The number of hydrogen-bond donors (Lipinski definition) is 3. The van der Waals surface area contributed by atoms with Crippen molar-refractivity contribution in [3.63, 3.8) is 0 Å². The van der Waals surface area contributed by atoms with E-state index in [1.165, 1.54) is 0 Å². The number of aliphatic carboxylic acids is 2. The van der Waals surface area contributed by atoms with Crippen LogP contribution in [0.25, 0.3) is 0 Å². The van der Waals surface area contributed by atoms with E-state index in [4.69, 9.17) is 10.2 Å². The highest BCUT2D eigenvalue weighted by Crippen LogP contribution is 2.22. The molecule has 6 nitrogen and oxygen atoms in total. The summed E-state index contributed by atoms with van der Waals surface area (Å²) >= 11 is 0. The molecule has 0 heterocycles. The topological polar surface area (TPSA) is 104 Å². The Morgan fingerprint density at radius 3 is 2.05 bits per heavy atom. The van der Waals surface area contributed by atoms with E-state index in [1.54, 1.807) is 12.1 Å². The van der Waals surface area contributed by atoms with Crippen molar-refractivity contribution in [2.75, 3.05) is 0 Å². The van der Waals surface area contributed by atoms with Gasteiger partial charge in [-0.25, -0.2) is 4.79 Å². The van der Waals surface area contributed by atoms with Crippen LogP contribution in [0, 0.1) is 0 Å². The maximum atomic E-state index is 12.0. The van der Waals surface area contributed by atoms with Gasteiger partial charge in [-0.1, -0.05) is 32.9 Å². The van der Waals surface area contributed by atoms with Crippen LogP contribution in [0.4, 0.5) is 0 Å². The lowest BCUT2D eigenvalue weighted by molar-refractivity contribution is -0.140. The summed E-state index contributed by atoms with van der Waals surface area (Å²) in [6.45, 7) is 6.15. The van der Waals surface area contributed by atoms with Crippen LogP contribution in [-0.4, -0.2) is 34.1 Å². The molecule has 0 fully saturated rings. The van der Waals surface area contributed by atoms with Crippen LogP contribution < -0.4 is 5.32 Å². The summed E-state index contributed by atoms with van der Waals surface area (Å²) in [5.74, 6) is -2.88. The van der Waals surface area contributed by atoms with Crippen LogP contribution in [0.3, 0.4) is 0 Å². The van der Waals surface area contributed by atoms with Gasteiger partial charge in [-0.3, -0.25) is 9.59 Å². The number of carbonyl (C=O) groups is 3.